The third-order valence-electron chi connectivity index (χ3n) is 5.65. The van der Waals surface area contributed by atoms with Crippen molar-refractivity contribution in [3.8, 4) is 11.3 Å². The van der Waals surface area contributed by atoms with Crippen LogP contribution < -0.4 is 4.90 Å². The zero-order valence-electron chi connectivity index (χ0n) is 16.6. The number of rotatable bonds is 3. The first kappa shape index (κ1) is 18.7. The van der Waals surface area contributed by atoms with E-state index in [4.69, 9.17) is 4.74 Å². The summed E-state index contributed by atoms with van der Waals surface area (Å²) in [6, 6.07) is 19.5. The van der Waals surface area contributed by atoms with Crippen molar-refractivity contribution >= 4 is 11.7 Å². The van der Waals surface area contributed by atoms with Crippen LogP contribution in [0, 0.1) is 5.92 Å². The number of fused-ring (bicyclic) bond motifs is 3. The standard InChI is InChI=1S/C23H23N5O2/c29-23(21-8-4-5-11-24-21)27-12-17-13-28(19(14-27)16-30-15-17)22-10-9-20(25-26-22)18-6-2-1-3-7-18/h1-11,17,19H,12-16H2/t17-,19-/m0/s1. The molecule has 5 rings (SSSR count). The van der Waals surface area contributed by atoms with Gasteiger partial charge in [0.25, 0.3) is 5.91 Å². The van der Waals surface area contributed by atoms with Crippen molar-refractivity contribution in [1.82, 2.24) is 20.1 Å². The second-order valence-corrected chi connectivity index (χ2v) is 7.78. The highest BCUT2D eigenvalue weighted by Gasteiger charge is 2.36. The molecule has 3 aromatic rings. The highest BCUT2D eigenvalue weighted by Crippen LogP contribution is 2.26. The summed E-state index contributed by atoms with van der Waals surface area (Å²) in [5.74, 6) is 1.00. The minimum absolute atomic E-state index is 0.0279. The van der Waals surface area contributed by atoms with Crippen molar-refractivity contribution in [3.63, 3.8) is 0 Å². The number of benzene rings is 1. The molecule has 152 valence electrons. The van der Waals surface area contributed by atoms with Gasteiger partial charge < -0.3 is 14.5 Å². The normalized spacial score (nSPS) is 21.2. The summed E-state index contributed by atoms with van der Waals surface area (Å²) in [6.45, 7) is 3.21. The van der Waals surface area contributed by atoms with E-state index in [9.17, 15) is 4.79 Å². The predicted octanol–water partition coefficient (Wildman–Crippen LogP) is 2.52. The van der Waals surface area contributed by atoms with Gasteiger partial charge in [0.1, 0.15) is 5.69 Å². The lowest BCUT2D eigenvalue weighted by Gasteiger charge is -2.31. The molecular formula is C23H23N5O2. The highest BCUT2D eigenvalue weighted by molar-refractivity contribution is 5.92. The molecule has 2 aromatic heterocycles. The maximum Gasteiger partial charge on any atom is 0.272 e. The van der Waals surface area contributed by atoms with Crippen LogP contribution in [-0.4, -0.2) is 64.9 Å². The molecule has 0 radical (unpaired) electrons. The molecule has 0 N–H and O–H groups in total. The zero-order valence-corrected chi connectivity index (χ0v) is 16.6. The van der Waals surface area contributed by atoms with Gasteiger partial charge >= 0.3 is 0 Å². The van der Waals surface area contributed by atoms with Gasteiger partial charge in [-0.1, -0.05) is 36.4 Å². The van der Waals surface area contributed by atoms with Gasteiger partial charge in [-0.25, -0.2) is 0 Å². The Kier molecular flexibility index (Phi) is 5.11. The van der Waals surface area contributed by atoms with E-state index in [0.717, 1.165) is 23.6 Å². The Hall–Kier alpha value is -3.32. The molecule has 4 heterocycles. The topological polar surface area (TPSA) is 71.5 Å². The largest absolute Gasteiger partial charge is 0.379 e. The molecule has 1 amide bonds. The van der Waals surface area contributed by atoms with E-state index in [0.29, 0.717) is 32.0 Å². The van der Waals surface area contributed by atoms with Gasteiger partial charge in [-0.15, -0.1) is 10.2 Å². The molecule has 7 nitrogen and oxygen atoms in total. The molecule has 0 saturated carbocycles. The second-order valence-electron chi connectivity index (χ2n) is 7.78. The van der Waals surface area contributed by atoms with E-state index in [1.54, 1.807) is 12.3 Å². The first-order chi connectivity index (χ1) is 14.8. The summed E-state index contributed by atoms with van der Waals surface area (Å²) in [4.78, 5) is 21.4. The van der Waals surface area contributed by atoms with E-state index < -0.39 is 0 Å². The van der Waals surface area contributed by atoms with Gasteiger partial charge in [-0.3, -0.25) is 9.78 Å². The number of pyridine rings is 1. The zero-order chi connectivity index (χ0) is 20.3. The van der Waals surface area contributed by atoms with E-state index >= 15 is 0 Å². The molecule has 30 heavy (non-hydrogen) atoms. The summed E-state index contributed by atoms with van der Waals surface area (Å²) in [6.07, 6.45) is 1.66. The van der Waals surface area contributed by atoms with Crippen LogP contribution in [-0.2, 0) is 4.74 Å². The van der Waals surface area contributed by atoms with E-state index in [1.165, 1.54) is 0 Å². The quantitative estimate of drug-likeness (QED) is 0.672. The Morgan fingerprint density at radius 2 is 1.77 bits per heavy atom. The van der Waals surface area contributed by atoms with Crippen molar-refractivity contribution in [2.45, 2.75) is 6.04 Å². The number of nitrogens with zero attached hydrogens (tertiary/aromatic N) is 5. The van der Waals surface area contributed by atoms with E-state index in [1.807, 2.05) is 59.5 Å². The molecule has 2 bridgehead atoms. The maximum atomic E-state index is 13.0. The Balaban J connectivity index is 1.38. The predicted molar refractivity (Wildman–Crippen MR) is 113 cm³/mol. The molecule has 2 fully saturated rings. The first-order valence-corrected chi connectivity index (χ1v) is 10.2. The number of amides is 1. The number of hydrogen-bond donors (Lipinski definition) is 0. The lowest BCUT2D eigenvalue weighted by molar-refractivity contribution is 0.0492. The highest BCUT2D eigenvalue weighted by atomic mass is 16.5. The molecule has 0 unspecified atom stereocenters. The molecule has 2 aliphatic heterocycles. The van der Waals surface area contributed by atoms with Crippen molar-refractivity contribution in [1.29, 1.82) is 0 Å². The van der Waals surface area contributed by atoms with Crippen molar-refractivity contribution < 1.29 is 9.53 Å². The SMILES string of the molecule is O=C(c1ccccn1)N1C[C@@H]2COC[C@H](C1)N(c1ccc(-c3ccccc3)nn1)C2. The van der Waals surface area contributed by atoms with Gasteiger partial charge in [0.05, 0.1) is 24.9 Å². The summed E-state index contributed by atoms with van der Waals surface area (Å²) in [7, 11) is 0. The monoisotopic (exact) mass is 401 g/mol. The lowest BCUT2D eigenvalue weighted by Crippen LogP contribution is -2.46. The fourth-order valence-electron chi connectivity index (χ4n) is 4.18. The molecule has 1 aromatic carbocycles. The smallest absolute Gasteiger partial charge is 0.272 e. The van der Waals surface area contributed by atoms with Gasteiger partial charge in [0.15, 0.2) is 5.82 Å². The maximum absolute atomic E-state index is 13.0. The number of ether oxygens (including phenoxy) is 1. The summed E-state index contributed by atoms with van der Waals surface area (Å²) in [5, 5.41) is 8.96. The van der Waals surface area contributed by atoms with Crippen LogP contribution in [0.3, 0.4) is 0 Å². The average Bonchev–Trinajstić information content (AvgIpc) is 3.11. The third-order valence-corrected chi connectivity index (χ3v) is 5.65. The third kappa shape index (κ3) is 3.76. The first-order valence-electron chi connectivity index (χ1n) is 10.2. The van der Waals surface area contributed by atoms with Gasteiger partial charge in [0, 0.05) is 37.3 Å². The Labute approximate surface area is 175 Å². The van der Waals surface area contributed by atoms with Crippen molar-refractivity contribution in [2.75, 3.05) is 37.7 Å². The fraction of sp³-hybridized carbons (Fsp3) is 0.304. The van der Waals surface area contributed by atoms with Crippen LogP contribution in [0.2, 0.25) is 0 Å². The van der Waals surface area contributed by atoms with Crippen LogP contribution in [0.1, 0.15) is 10.5 Å². The minimum atomic E-state index is -0.0279. The summed E-state index contributed by atoms with van der Waals surface area (Å²) in [5.41, 5.74) is 2.37. The molecule has 2 saturated heterocycles. The molecule has 2 atom stereocenters. The minimum Gasteiger partial charge on any atom is -0.379 e. The fourth-order valence-corrected chi connectivity index (χ4v) is 4.18. The molecule has 0 aliphatic carbocycles. The molecule has 7 heteroatoms. The molecular weight excluding hydrogens is 378 g/mol. The van der Waals surface area contributed by atoms with Gasteiger partial charge in [-0.05, 0) is 24.3 Å². The number of aromatic nitrogens is 3. The van der Waals surface area contributed by atoms with Crippen molar-refractivity contribution in [3.05, 3.63) is 72.6 Å². The average molecular weight is 401 g/mol. The van der Waals surface area contributed by atoms with Gasteiger partial charge in [0.2, 0.25) is 0 Å². The summed E-state index contributed by atoms with van der Waals surface area (Å²) >= 11 is 0. The lowest BCUT2D eigenvalue weighted by atomic mass is 10.1. The van der Waals surface area contributed by atoms with E-state index in [2.05, 4.69) is 20.1 Å². The van der Waals surface area contributed by atoms with Crippen LogP contribution in [0.15, 0.2) is 66.9 Å². The number of hydrogen-bond acceptors (Lipinski definition) is 6. The van der Waals surface area contributed by atoms with Gasteiger partial charge in [-0.2, -0.15) is 0 Å². The van der Waals surface area contributed by atoms with Crippen LogP contribution >= 0.6 is 0 Å². The Morgan fingerprint density at radius 3 is 2.53 bits per heavy atom. The van der Waals surface area contributed by atoms with Crippen LogP contribution in [0.4, 0.5) is 5.82 Å². The Bertz CT molecular complexity index is 997. The molecule has 2 aliphatic rings. The van der Waals surface area contributed by atoms with Crippen LogP contribution in [0.25, 0.3) is 11.3 Å². The second kappa shape index (κ2) is 8.20. The number of carbonyl (C=O) groups is 1. The van der Waals surface area contributed by atoms with Crippen LogP contribution in [0.5, 0.6) is 0 Å². The van der Waals surface area contributed by atoms with E-state index in [-0.39, 0.29) is 17.9 Å². The Morgan fingerprint density at radius 1 is 0.900 bits per heavy atom. The number of anilines is 1. The summed E-state index contributed by atoms with van der Waals surface area (Å²) < 4.78 is 5.90. The molecule has 0 spiro atoms. The van der Waals surface area contributed by atoms with Crippen molar-refractivity contribution in [2.24, 2.45) is 5.92 Å². The number of carbonyl (C=O) groups excluding carboxylic acids is 1.